The number of fused-ring (bicyclic) bond motifs is 3. The minimum Gasteiger partial charge on any atom is -0.464 e. The number of nitrogens with one attached hydrogen (secondary N) is 1. The number of nitrogens with zero attached hydrogens (tertiary/aromatic N) is 4. The SMILES string of the molecule is CCCCOC(=O)Cn1c(-c2cnn(COCC[Si](C)(C)C)c2)ncc(NCc2ccc3oc4ccccc4c3c2)c1=O. The Labute approximate surface area is 251 Å². The molecule has 1 N–H and O–H groups in total. The molecule has 11 heteroatoms. The first-order valence-electron chi connectivity index (χ1n) is 14.7. The standard InChI is InChI=1S/C32H39N5O5Si/c1-5-6-13-41-30(38)21-37-31(24-18-35-36(20-24)22-40-14-15-43(2,3)4)34-19-27(32(37)39)33-17-23-11-12-29-26(16-23)25-9-7-8-10-28(25)42-29/h7-12,16,18-20,33H,5-6,13-15,17,21-22H2,1-4H3. The number of hydrogen-bond donors (Lipinski definition) is 1. The van der Waals surface area contributed by atoms with Crippen molar-refractivity contribution < 1.29 is 18.7 Å². The lowest BCUT2D eigenvalue weighted by Crippen LogP contribution is -2.29. The van der Waals surface area contributed by atoms with Gasteiger partial charge in [0.05, 0.1) is 24.6 Å². The summed E-state index contributed by atoms with van der Waals surface area (Å²) in [7, 11) is -1.20. The Morgan fingerprint density at radius 1 is 1.05 bits per heavy atom. The molecule has 0 spiro atoms. The van der Waals surface area contributed by atoms with Crippen LogP contribution in [0.1, 0.15) is 25.3 Å². The average molecular weight is 602 g/mol. The highest BCUT2D eigenvalue weighted by Gasteiger charge is 2.18. The van der Waals surface area contributed by atoms with E-state index < -0.39 is 14.0 Å². The molecule has 0 aliphatic rings. The molecule has 226 valence electrons. The van der Waals surface area contributed by atoms with Gasteiger partial charge >= 0.3 is 5.97 Å². The van der Waals surface area contributed by atoms with E-state index in [0.29, 0.717) is 37.9 Å². The first-order valence-corrected chi connectivity index (χ1v) is 18.4. The molecule has 0 saturated heterocycles. The molecule has 5 rings (SSSR count). The Morgan fingerprint density at radius 3 is 2.67 bits per heavy atom. The highest BCUT2D eigenvalue weighted by Crippen LogP contribution is 2.29. The Balaban J connectivity index is 1.36. The molecule has 0 aliphatic carbocycles. The van der Waals surface area contributed by atoms with E-state index in [0.717, 1.165) is 46.4 Å². The number of benzene rings is 2. The topological polar surface area (TPSA) is 113 Å². The predicted molar refractivity (Wildman–Crippen MR) is 171 cm³/mol. The molecule has 3 heterocycles. The van der Waals surface area contributed by atoms with E-state index in [1.807, 2.05) is 43.3 Å². The maximum atomic E-state index is 13.7. The van der Waals surface area contributed by atoms with Gasteiger partial charge in [-0.3, -0.25) is 14.2 Å². The molecular formula is C32H39N5O5Si. The Morgan fingerprint density at radius 2 is 1.86 bits per heavy atom. The maximum absolute atomic E-state index is 13.7. The number of hydrogen-bond acceptors (Lipinski definition) is 8. The zero-order valence-corrected chi connectivity index (χ0v) is 26.3. The van der Waals surface area contributed by atoms with Crippen molar-refractivity contribution in [1.82, 2.24) is 19.3 Å². The normalized spacial score (nSPS) is 11.8. The number of unbranched alkanes of at least 4 members (excludes halogenated alkanes) is 1. The zero-order chi connectivity index (χ0) is 30.4. The van der Waals surface area contributed by atoms with Crippen LogP contribution in [0.15, 0.2) is 70.3 Å². The van der Waals surface area contributed by atoms with Gasteiger partial charge in [-0.15, -0.1) is 0 Å². The Kier molecular flexibility index (Phi) is 9.42. The van der Waals surface area contributed by atoms with Crippen LogP contribution < -0.4 is 10.9 Å². The van der Waals surface area contributed by atoms with Gasteiger partial charge in [-0.05, 0) is 36.2 Å². The molecule has 3 aromatic heterocycles. The van der Waals surface area contributed by atoms with Crippen LogP contribution in [-0.2, 0) is 34.1 Å². The minimum atomic E-state index is -1.20. The van der Waals surface area contributed by atoms with Gasteiger partial charge in [0, 0.05) is 38.2 Å². The summed E-state index contributed by atoms with van der Waals surface area (Å²) in [5.41, 5.74) is 3.13. The summed E-state index contributed by atoms with van der Waals surface area (Å²) in [5.74, 6) is -0.155. The van der Waals surface area contributed by atoms with Gasteiger partial charge in [-0.2, -0.15) is 5.10 Å². The largest absolute Gasteiger partial charge is 0.464 e. The Bertz CT molecular complexity index is 1770. The highest BCUT2D eigenvalue weighted by atomic mass is 28.3. The number of aromatic nitrogens is 4. The van der Waals surface area contributed by atoms with Crippen LogP contribution in [0, 0.1) is 0 Å². The molecule has 0 atom stereocenters. The molecule has 0 amide bonds. The van der Waals surface area contributed by atoms with Gasteiger partial charge in [-0.25, -0.2) is 9.67 Å². The molecule has 0 fully saturated rings. The third-order valence-corrected chi connectivity index (χ3v) is 8.83. The third kappa shape index (κ3) is 7.60. The van der Waals surface area contributed by atoms with Crippen molar-refractivity contribution in [2.75, 3.05) is 18.5 Å². The second kappa shape index (κ2) is 13.4. The van der Waals surface area contributed by atoms with Gasteiger partial charge in [0.1, 0.15) is 36.0 Å². The van der Waals surface area contributed by atoms with E-state index in [-0.39, 0.29) is 17.8 Å². The predicted octanol–water partition coefficient (Wildman–Crippen LogP) is 6.27. The van der Waals surface area contributed by atoms with Crippen molar-refractivity contribution in [3.63, 3.8) is 0 Å². The molecule has 0 bridgehead atoms. The van der Waals surface area contributed by atoms with E-state index in [2.05, 4.69) is 41.1 Å². The van der Waals surface area contributed by atoms with Crippen LogP contribution in [0.25, 0.3) is 33.3 Å². The lowest BCUT2D eigenvalue weighted by atomic mass is 10.1. The maximum Gasteiger partial charge on any atom is 0.326 e. The number of furan rings is 1. The van der Waals surface area contributed by atoms with Gasteiger partial charge in [0.25, 0.3) is 5.56 Å². The third-order valence-electron chi connectivity index (χ3n) is 7.13. The van der Waals surface area contributed by atoms with Crippen molar-refractivity contribution >= 4 is 41.7 Å². The Hall–Kier alpha value is -4.22. The number of anilines is 1. The molecule has 0 saturated carbocycles. The zero-order valence-electron chi connectivity index (χ0n) is 25.3. The smallest absolute Gasteiger partial charge is 0.326 e. The van der Waals surface area contributed by atoms with Gasteiger partial charge in [0.2, 0.25) is 0 Å². The summed E-state index contributed by atoms with van der Waals surface area (Å²) in [6.45, 7) is 10.3. The fraction of sp³-hybridized carbons (Fsp3) is 0.375. The first-order chi connectivity index (χ1) is 20.7. The number of para-hydroxylation sites is 1. The van der Waals surface area contributed by atoms with Gasteiger partial charge in [-0.1, -0.05) is 57.3 Å². The van der Waals surface area contributed by atoms with Crippen LogP contribution in [0.4, 0.5) is 5.69 Å². The minimum absolute atomic E-state index is 0.259. The number of carbonyl (C=O) groups is 1. The van der Waals surface area contributed by atoms with E-state index >= 15 is 0 Å². The molecular weight excluding hydrogens is 562 g/mol. The monoisotopic (exact) mass is 601 g/mol. The summed E-state index contributed by atoms with van der Waals surface area (Å²) >= 11 is 0. The quantitative estimate of drug-likeness (QED) is 0.0900. The number of ether oxygens (including phenoxy) is 2. The van der Waals surface area contributed by atoms with Crippen molar-refractivity contribution in [2.24, 2.45) is 0 Å². The molecule has 43 heavy (non-hydrogen) atoms. The van der Waals surface area contributed by atoms with E-state index in [1.54, 1.807) is 17.1 Å². The number of rotatable bonds is 14. The first kappa shape index (κ1) is 30.2. The summed E-state index contributed by atoms with van der Waals surface area (Å²) in [4.78, 5) is 31.0. The molecule has 0 aliphatic heterocycles. The number of esters is 1. The average Bonchev–Trinajstić information content (AvgIpc) is 3.60. The second-order valence-electron chi connectivity index (χ2n) is 11.9. The van der Waals surface area contributed by atoms with Crippen molar-refractivity contribution in [3.05, 3.63) is 77.0 Å². The lowest BCUT2D eigenvalue weighted by Gasteiger charge is -2.15. The molecule has 5 aromatic rings. The second-order valence-corrected chi connectivity index (χ2v) is 17.5. The molecule has 0 unspecified atom stereocenters. The van der Waals surface area contributed by atoms with Crippen LogP contribution in [0.3, 0.4) is 0 Å². The summed E-state index contributed by atoms with van der Waals surface area (Å²) in [5, 5.41) is 9.65. The fourth-order valence-corrected chi connectivity index (χ4v) is 5.42. The summed E-state index contributed by atoms with van der Waals surface area (Å²) < 4.78 is 20.1. The molecule has 10 nitrogen and oxygen atoms in total. The summed E-state index contributed by atoms with van der Waals surface area (Å²) in [6, 6.07) is 14.9. The molecule has 0 radical (unpaired) electrons. The van der Waals surface area contributed by atoms with E-state index in [9.17, 15) is 9.59 Å². The lowest BCUT2D eigenvalue weighted by molar-refractivity contribution is -0.144. The van der Waals surface area contributed by atoms with E-state index in [4.69, 9.17) is 13.9 Å². The van der Waals surface area contributed by atoms with Crippen molar-refractivity contribution in [3.8, 4) is 11.4 Å². The fourth-order valence-electron chi connectivity index (χ4n) is 4.66. The van der Waals surface area contributed by atoms with Crippen LogP contribution in [0.5, 0.6) is 0 Å². The van der Waals surface area contributed by atoms with Crippen molar-refractivity contribution in [1.29, 1.82) is 0 Å². The van der Waals surface area contributed by atoms with Crippen molar-refractivity contribution in [2.45, 2.75) is 65.3 Å². The van der Waals surface area contributed by atoms with Crippen LogP contribution in [0.2, 0.25) is 25.7 Å². The van der Waals surface area contributed by atoms with Gasteiger partial charge in [0.15, 0.2) is 0 Å². The van der Waals surface area contributed by atoms with Crippen LogP contribution >= 0.6 is 0 Å². The van der Waals surface area contributed by atoms with Crippen LogP contribution in [-0.4, -0.2) is 46.6 Å². The van der Waals surface area contributed by atoms with E-state index in [1.165, 1.54) is 10.8 Å². The summed E-state index contributed by atoms with van der Waals surface area (Å²) in [6.07, 6.45) is 6.56. The highest BCUT2D eigenvalue weighted by molar-refractivity contribution is 6.76. The van der Waals surface area contributed by atoms with Gasteiger partial charge < -0.3 is 19.2 Å². The molecule has 2 aromatic carbocycles. The number of carbonyl (C=O) groups excluding carboxylic acids is 1.